The molecule has 1 amide bonds. The van der Waals surface area contributed by atoms with Gasteiger partial charge in [0.25, 0.3) is 5.91 Å². The fourth-order valence-electron chi connectivity index (χ4n) is 2.22. The van der Waals surface area contributed by atoms with Crippen molar-refractivity contribution >= 4 is 17.2 Å². The van der Waals surface area contributed by atoms with Gasteiger partial charge in [-0.1, -0.05) is 0 Å². The molecule has 23 heavy (non-hydrogen) atoms. The molecule has 3 rings (SSSR count). The molecule has 118 valence electrons. The van der Waals surface area contributed by atoms with E-state index in [9.17, 15) is 13.6 Å². The third-order valence-electron chi connectivity index (χ3n) is 3.41. The second-order valence-electron chi connectivity index (χ2n) is 4.90. The zero-order chi connectivity index (χ0) is 16.2. The minimum absolute atomic E-state index is 0.0773. The van der Waals surface area contributed by atoms with Crippen LogP contribution >= 0.6 is 11.3 Å². The minimum Gasteiger partial charge on any atom is -0.350 e. The van der Waals surface area contributed by atoms with E-state index in [1.54, 1.807) is 28.3 Å². The van der Waals surface area contributed by atoms with Crippen LogP contribution in [0.3, 0.4) is 0 Å². The number of hydrogen-bond donors (Lipinski definition) is 1. The van der Waals surface area contributed by atoms with Crippen LogP contribution in [0.5, 0.6) is 0 Å². The molecule has 0 bridgehead atoms. The highest BCUT2D eigenvalue weighted by Crippen LogP contribution is 2.19. The maximum absolute atomic E-state index is 13.2. The zero-order valence-corrected chi connectivity index (χ0v) is 12.8. The first-order chi connectivity index (χ1) is 11.1. The fourth-order valence-corrected chi connectivity index (χ4v) is 2.93. The summed E-state index contributed by atoms with van der Waals surface area (Å²) < 4.78 is 27.9. The smallest absolute Gasteiger partial charge is 0.251 e. The van der Waals surface area contributed by atoms with Crippen LogP contribution in [0, 0.1) is 11.6 Å². The molecule has 0 aliphatic carbocycles. The van der Waals surface area contributed by atoms with E-state index >= 15 is 0 Å². The number of halogens is 2. The van der Waals surface area contributed by atoms with Crippen LogP contribution in [0.1, 0.15) is 22.0 Å². The van der Waals surface area contributed by atoms with Crippen molar-refractivity contribution in [2.75, 3.05) is 6.54 Å². The largest absolute Gasteiger partial charge is 0.350 e. The maximum Gasteiger partial charge on any atom is 0.251 e. The molecule has 1 aromatic carbocycles. The van der Waals surface area contributed by atoms with E-state index in [0.717, 1.165) is 17.7 Å². The van der Waals surface area contributed by atoms with E-state index in [0.29, 0.717) is 0 Å². The number of carbonyl (C=O) groups is 1. The highest BCUT2D eigenvalue weighted by Gasteiger charge is 2.17. The predicted octanol–water partition coefficient (Wildman–Crippen LogP) is 3.24. The molecule has 0 fully saturated rings. The van der Waals surface area contributed by atoms with Crippen LogP contribution < -0.4 is 5.32 Å². The molecule has 1 N–H and O–H groups in total. The van der Waals surface area contributed by atoms with Gasteiger partial charge in [-0.25, -0.2) is 8.78 Å². The molecule has 4 nitrogen and oxygen atoms in total. The van der Waals surface area contributed by atoms with E-state index in [2.05, 4.69) is 10.4 Å². The van der Waals surface area contributed by atoms with Crippen molar-refractivity contribution in [1.29, 1.82) is 0 Å². The highest BCUT2D eigenvalue weighted by atomic mass is 32.1. The first-order valence-corrected chi connectivity index (χ1v) is 7.84. The predicted molar refractivity (Wildman–Crippen MR) is 83.4 cm³/mol. The monoisotopic (exact) mass is 333 g/mol. The van der Waals surface area contributed by atoms with Gasteiger partial charge in [0.05, 0.1) is 6.04 Å². The summed E-state index contributed by atoms with van der Waals surface area (Å²) in [6.07, 6.45) is 3.47. The molecule has 0 aliphatic heterocycles. The molecule has 0 aliphatic rings. The molecule has 1 unspecified atom stereocenters. The summed E-state index contributed by atoms with van der Waals surface area (Å²) in [7, 11) is 0. The topological polar surface area (TPSA) is 46.9 Å². The Balaban J connectivity index is 1.74. The van der Waals surface area contributed by atoms with Crippen LogP contribution in [-0.2, 0) is 0 Å². The lowest BCUT2D eigenvalue weighted by Crippen LogP contribution is -2.31. The maximum atomic E-state index is 13.2. The summed E-state index contributed by atoms with van der Waals surface area (Å²) in [5.41, 5.74) is 1.10. The number of carbonyl (C=O) groups excluding carboxylic acids is 1. The molecule has 0 radical (unpaired) electrons. The Morgan fingerprint density at radius 1 is 1.30 bits per heavy atom. The Kier molecular flexibility index (Phi) is 4.47. The van der Waals surface area contributed by atoms with E-state index < -0.39 is 17.5 Å². The molecule has 2 aromatic heterocycles. The van der Waals surface area contributed by atoms with Crippen molar-refractivity contribution in [2.45, 2.75) is 6.04 Å². The van der Waals surface area contributed by atoms with Crippen molar-refractivity contribution in [3.8, 4) is 0 Å². The molecule has 0 saturated heterocycles. The SMILES string of the molecule is O=C(NCC(c1ccsc1)n1cccn1)c1ccc(F)c(F)c1. The first-order valence-electron chi connectivity index (χ1n) is 6.89. The lowest BCUT2D eigenvalue weighted by molar-refractivity contribution is 0.0948. The van der Waals surface area contributed by atoms with Gasteiger partial charge in [0.15, 0.2) is 11.6 Å². The molecule has 0 spiro atoms. The van der Waals surface area contributed by atoms with E-state index in [-0.39, 0.29) is 18.2 Å². The van der Waals surface area contributed by atoms with Gasteiger partial charge in [0.1, 0.15) is 0 Å². The van der Waals surface area contributed by atoms with Gasteiger partial charge in [0.2, 0.25) is 0 Å². The average Bonchev–Trinajstić information content (AvgIpc) is 3.24. The lowest BCUT2D eigenvalue weighted by atomic mass is 10.1. The standard InChI is InChI=1S/C16H13F2N3OS/c17-13-3-2-11(8-14(13)18)16(22)19-9-15(12-4-7-23-10-12)21-6-1-5-20-21/h1-8,10,15H,9H2,(H,19,22). The Morgan fingerprint density at radius 3 is 2.83 bits per heavy atom. The molecular weight excluding hydrogens is 320 g/mol. The zero-order valence-electron chi connectivity index (χ0n) is 11.9. The molecule has 0 saturated carbocycles. The Hall–Kier alpha value is -2.54. The van der Waals surface area contributed by atoms with Crippen LogP contribution in [0.15, 0.2) is 53.5 Å². The van der Waals surface area contributed by atoms with Crippen LogP contribution in [0.25, 0.3) is 0 Å². The van der Waals surface area contributed by atoms with Gasteiger partial charge in [-0.3, -0.25) is 9.48 Å². The first kappa shape index (κ1) is 15.4. The van der Waals surface area contributed by atoms with Gasteiger partial charge in [0, 0.05) is 24.5 Å². The quantitative estimate of drug-likeness (QED) is 0.779. The van der Waals surface area contributed by atoms with Gasteiger partial charge in [-0.2, -0.15) is 16.4 Å². The number of thiophene rings is 1. The van der Waals surface area contributed by atoms with Crippen LogP contribution in [0.2, 0.25) is 0 Å². The molecule has 7 heteroatoms. The van der Waals surface area contributed by atoms with Crippen molar-refractivity contribution in [3.05, 3.63) is 76.2 Å². The Bertz CT molecular complexity index is 754. The second-order valence-corrected chi connectivity index (χ2v) is 5.68. The minimum atomic E-state index is -1.04. The van der Waals surface area contributed by atoms with Crippen LogP contribution in [0.4, 0.5) is 8.78 Å². The van der Waals surface area contributed by atoms with E-state index in [1.165, 1.54) is 6.07 Å². The summed E-state index contributed by atoms with van der Waals surface area (Å²) in [5, 5.41) is 10.9. The van der Waals surface area contributed by atoms with Gasteiger partial charge < -0.3 is 5.32 Å². The highest BCUT2D eigenvalue weighted by molar-refractivity contribution is 7.07. The van der Waals surface area contributed by atoms with Crippen LogP contribution in [-0.4, -0.2) is 22.2 Å². The summed E-state index contributed by atoms with van der Waals surface area (Å²) in [5.74, 6) is -2.48. The van der Waals surface area contributed by atoms with Crippen molar-refractivity contribution in [3.63, 3.8) is 0 Å². The summed E-state index contributed by atoms with van der Waals surface area (Å²) in [4.78, 5) is 12.1. The number of nitrogens with one attached hydrogen (secondary N) is 1. The molecule has 1 atom stereocenters. The second kappa shape index (κ2) is 6.70. The number of hydrogen-bond acceptors (Lipinski definition) is 3. The third kappa shape index (κ3) is 3.45. The van der Waals surface area contributed by atoms with E-state index in [4.69, 9.17) is 0 Å². The Labute approximate surface area is 135 Å². The number of rotatable bonds is 5. The van der Waals surface area contributed by atoms with Crippen molar-refractivity contribution < 1.29 is 13.6 Å². The molecule has 3 aromatic rings. The third-order valence-corrected chi connectivity index (χ3v) is 4.11. The summed E-state index contributed by atoms with van der Waals surface area (Å²) in [6.45, 7) is 0.288. The number of aromatic nitrogens is 2. The van der Waals surface area contributed by atoms with Gasteiger partial charge in [-0.05, 0) is 46.7 Å². The normalized spacial score (nSPS) is 12.1. The number of nitrogens with zero attached hydrogens (tertiary/aromatic N) is 2. The molecule has 2 heterocycles. The van der Waals surface area contributed by atoms with Gasteiger partial charge in [-0.15, -0.1) is 0 Å². The summed E-state index contributed by atoms with van der Waals surface area (Å²) >= 11 is 1.55. The summed E-state index contributed by atoms with van der Waals surface area (Å²) in [6, 6.07) is 6.68. The van der Waals surface area contributed by atoms with E-state index in [1.807, 2.05) is 23.0 Å². The Morgan fingerprint density at radius 2 is 2.17 bits per heavy atom. The average molecular weight is 333 g/mol. The van der Waals surface area contributed by atoms with Gasteiger partial charge >= 0.3 is 0 Å². The van der Waals surface area contributed by atoms with Crippen molar-refractivity contribution in [2.24, 2.45) is 0 Å². The lowest BCUT2D eigenvalue weighted by Gasteiger charge is -2.17. The fraction of sp³-hybridized carbons (Fsp3) is 0.125. The van der Waals surface area contributed by atoms with Crippen molar-refractivity contribution in [1.82, 2.24) is 15.1 Å². The molecular formula is C16H13F2N3OS. The number of benzene rings is 1. The number of amides is 1.